The van der Waals surface area contributed by atoms with E-state index in [4.69, 9.17) is 0 Å². The molecule has 2 nitrogen and oxygen atoms in total. The highest BCUT2D eigenvalue weighted by Crippen LogP contribution is 2.29. The van der Waals surface area contributed by atoms with Crippen LogP contribution in [0.1, 0.15) is 33.6 Å². The van der Waals surface area contributed by atoms with Crippen LogP contribution in [0.5, 0.6) is 0 Å². The minimum atomic E-state index is 0.483. The van der Waals surface area contributed by atoms with Crippen LogP contribution in [0.4, 0.5) is 5.13 Å². The summed E-state index contributed by atoms with van der Waals surface area (Å²) < 4.78 is 2.33. The number of rotatable bonds is 5. The molecule has 0 aliphatic carbocycles. The van der Waals surface area contributed by atoms with Crippen LogP contribution in [0.15, 0.2) is 22.7 Å². The fourth-order valence-electron chi connectivity index (χ4n) is 1.83. The number of thiazole rings is 1. The summed E-state index contributed by atoms with van der Waals surface area (Å²) in [7, 11) is 0. The third-order valence-electron chi connectivity index (χ3n) is 2.90. The lowest BCUT2D eigenvalue weighted by molar-refractivity contribution is 0.527. The van der Waals surface area contributed by atoms with Gasteiger partial charge in [0, 0.05) is 10.5 Å². The molecule has 0 radical (unpaired) electrons. The van der Waals surface area contributed by atoms with E-state index < -0.39 is 0 Å². The summed E-state index contributed by atoms with van der Waals surface area (Å²) in [6, 6.07) is 6.70. The summed E-state index contributed by atoms with van der Waals surface area (Å²) >= 11 is 5.21. The third kappa shape index (κ3) is 3.69. The van der Waals surface area contributed by atoms with E-state index in [-0.39, 0.29) is 0 Å². The molecule has 0 amide bonds. The molecule has 0 saturated carbocycles. The van der Waals surface area contributed by atoms with Crippen molar-refractivity contribution in [1.29, 1.82) is 0 Å². The molecule has 0 spiro atoms. The van der Waals surface area contributed by atoms with Crippen molar-refractivity contribution in [1.82, 2.24) is 4.98 Å². The van der Waals surface area contributed by atoms with Crippen LogP contribution >= 0.6 is 27.3 Å². The van der Waals surface area contributed by atoms with Gasteiger partial charge < -0.3 is 5.32 Å². The zero-order valence-electron chi connectivity index (χ0n) is 11.0. The second-order valence-corrected chi connectivity index (χ2v) is 7.09. The Morgan fingerprint density at radius 2 is 2.06 bits per heavy atom. The van der Waals surface area contributed by atoms with Crippen molar-refractivity contribution in [3.05, 3.63) is 22.7 Å². The van der Waals surface area contributed by atoms with Gasteiger partial charge in [0.2, 0.25) is 0 Å². The monoisotopic (exact) mass is 326 g/mol. The van der Waals surface area contributed by atoms with Crippen molar-refractivity contribution in [3.63, 3.8) is 0 Å². The van der Waals surface area contributed by atoms with E-state index in [9.17, 15) is 0 Å². The van der Waals surface area contributed by atoms with Gasteiger partial charge in [-0.2, -0.15) is 0 Å². The van der Waals surface area contributed by atoms with E-state index in [1.807, 2.05) is 6.07 Å². The van der Waals surface area contributed by atoms with Gasteiger partial charge in [0.25, 0.3) is 0 Å². The highest BCUT2D eigenvalue weighted by Gasteiger charge is 2.08. The van der Waals surface area contributed by atoms with Crippen molar-refractivity contribution in [2.24, 2.45) is 5.92 Å². The van der Waals surface area contributed by atoms with Gasteiger partial charge in [-0.15, -0.1) is 0 Å². The van der Waals surface area contributed by atoms with E-state index in [1.54, 1.807) is 11.3 Å². The van der Waals surface area contributed by atoms with Gasteiger partial charge in [0.1, 0.15) is 0 Å². The van der Waals surface area contributed by atoms with Gasteiger partial charge in [-0.05, 0) is 43.9 Å². The van der Waals surface area contributed by atoms with Crippen LogP contribution in [0.3, 0.4) is 0 Å². The quantitative estimate of drug-likeness (QED) is 0.806. The fourth-order valence-corrected chi connectivity index (χ4v) is 3.36. The molecule has 4 heteroatoms. The topological polar surface area (TPSA) is 24.9 Å². The van der Waals surface area contributed by atoms with Crippen LogP contribution in [0, 0.1) is 5.92 Å². The van der Waals surface area contributed by atoms with Gasteiger partial charge in [0.15, 0.2) is 5.13 Å². The first-order valence-corrected chi connectivity index (χ1v) is 7.98. The molecule has 0 aliphatic rings. The average molecular weight is 327 g/mol. The second kappa shape index (κ2) is 6.02. The summed E-state index contributed by atoms with van der Waals surface area (Å²) in [5.74, 6) is 0.764. The van der Waals surface area contributed by atoms with Crippen LogP contribution in [0.25, 0.3) is 10.2 Å². The molecule has 2 aromatic rings. The number of nitrogens with one attached hydrogen (secondary N) is 1. The van der Waals surface area contributed by atoms with Crippen molar-refractivity contribution in [2.75, 3.05) is 5.32 Å². The van der Waals surface area contributed by atoms with Crippen LogP contribution in [0.2, 0.25) is 0 Å². The predicted molar refractivity (Wildman–Crippen MR) is 84.5 cm³/mol. The van der Waals surface area contributed by atoms with Crippen molar-refractivity contribution < 1.29 is 0 Å². The van der Waals surface area contributed by atoms with E-state index in [0.29, 0.717) is 6.04 Å². The number of nitrogens with zero attached hydrogens (tertiary/aromatic N) is 1. The summed E-state index contributed by atoms with van der Waals surface area (Å²) in [6.45, 7) is 6.76. The van der Waals surface area contributed by atoms with E-state index in [2.05, 4.69) is 59.1 Å². The molecule has 1 atom stereocenters. The molecule has 0 saturated heterocycles. The smallest absolute Gasteiger partial charge is 0.183 e. The maximum atomic E-state index is 4.61. The number of halogens is 1. The molecule has 0 bridgehead atoms. The number of benzene rings is 1. The summed E-state index contributed by atoms with van der Waals surface area (Å²) in [6.07, 6.45) is 2.45. The lowest BCUT2D eigenvalue weighted by Gasteiger charge is -2.13. The van der Waals surface area contributed by atoms with Crippen LogP contribution < -0.4 is 5.32 Å². The Labute approximate surface area is 121 Å². The number of aromatic nitrogens is 1. The molecule has 0 aliphatic heterocycles. The minimum absolute atomic E-state index is 0.483. The molecule has 1 N–H and O–H groups in total. The molecule has 1 aromatic carbocycles. The highest BCUT2D eigenvalue weighted by molar-refractivity contribution is 9.10. The summed E-state index contributed by atoms with van der Waals surface area (Å²) in [5, 5.41) is 4.53. The molecule has 2 rings (SSSR count). The molecule has 1 aromatic heterocycles. The molecule has 1 heterocycles. The first kappa shape index (κ1) is 13.8. The van der Waals surface area contributed by atoms with E-state index >= 15 is 0 Å². The molecular formula is C14H19BrN2S. The first-order chi connectivity index (χ1) is 8.54. The van der Waals surface area contributed by atoms with Gasteiger partial charge >= 0.3 is 0 Å². The van der Waals surface area contributed by atoms with Crippen molar-refractivity contribution >= 4 is 42.6 Å². The Morgan fingerprint density at radius 3 is 2.78 bits per heavy atom. The van der Waals surface area contributed by atoms with Gasteiger partial charge in [-0.3, -0.25) is 0 Å². The van der Waals surface area contributed by atoms with Crippen molar-refractivity contribution in [3.8, 4) is 0 Å². The predicted octanol–water partition coefficient (Wildman–Crippen LogP) is 5.30. The van der Waals surface area contributed by atoms with Crippen LogP contribution in [-0.2, 0) is 0 Å². The Hall–Kier alpha value is -0.610. The lowest BCUT2D eigenvalue weighted by atomic mass is 10.0. The fraction of sp³-hybridized carbons (Fsp3) is 0.500. The highest BCUT2D eigenvalue weighted by atomic mass is 79.9. The standard InChI is InChI=1S/C14H19BrN2S/c1-9(2)4-5-10(3)16-14-17-12-7-6-11(15)8-13(12)18-14/h6-10H,4-5H2,1-3H3,(H,16,17). The maximum Gasteiger partial charge on any atom is 0.183 e. The Balaban J connectivity index is 2.03. The molecule has 98 valence electrons. The minimum Gasteiger partial charge on any atom is -0.359 e. The Kier molecular flexibility index (Phi) is 4.62. The SMILES string of the molecule is CC(C)CCC(C)Nc1nc2ccc(Br)cc2s1. The number of anilines is 1. The van der Waals surface area contributed by atoms with Crippen molar-refractivity contribution in [2.45, 2.75) is 39.7 Å². The third-order valence-corrected chi connectivity index (χ3v) is 4.34. The largest absolute Gasteiger partial charge is 0.359 e. The average Bonchev–Trinajstić information content (AvgIpc) is 2.67. The van der Waals surface area contributed by atoms with Gasteiger partial charge in [0.05, 0.1) is 10.2 Å². The lowest BCUT2D eigenvalue weighted by Crippen LogP contribution is -2.15. The zero-order valence-corrected chi connectivity index (χ0v) is 13.4. The Morgan fingerprint density at radius 1 is 1.28 bits per heavy atom. The molecule has 18 heavy (non-hydrogen) atoms. The summed E-state index contributed by atoms with van der Waals surface area (Å²) in [4.78, 5) is 4.61. The summed E-state index contributed by atoms with van der Waals surface area (Å²) in [5.41, 5.74) is 1.07. The number of hydrogen-bond donors (Lipinski definition) is 1. The molecule has 0 fully saturated rings. The first-order valence-electron chi connectivity index (χ1n) is 6.37. The normalized spacial score (nSPS) is 13.2. The van der Waals surface area contributed by atoms with E-state index in [1.165, 1.54) is 17.5 Å². The Bertz CT molecular complexity index is 521. The van der Waals surface area contributed by atoms with Gasteiger partial charge in [-0.1, -0.05) is 41.1 Å². The van der Waals surface area contributed by atoms with E-state index in [0.717, 1.165) is 21.0 Å². The van der Waals surface area contributed by atoms with Gasteiger partial charge in [-0.25, -0.2) is 4.98 Å². The number of hydrogen-bond acceptors (Lipinski definition) is 3. The van der Waals surface area contributed by atoms with Crippen LogP contribution in [-0.4, -0.2) is 11.0 Å². The number of fused-ring (bicyclic) bond motifs is 1. The second-order valence-electron chi connectivity index (χ2n) is 5.15. The molecule has 1 unspecified atom stereocenters. The molecular weight excluding hydrogens is 308 g/mol. The zero-order chi connectivity index (χ0) is 13.1. The maximum absolute atomic E-state index is 4.61.